The van der Waals surface area contributed by atoms with Crippen molar-refractivity contribution in [2.24, 2.45) is 0 Å². The summed E-state index contributed by atoms with van der Waals surface area (Å²) in [6.07, 6.45) is 2.59. The van der Waals surface area contributed by atoms with Crippen LogP contribution in [-0.2, 0) is 6.54 Å². The van der Waals surface area contributed by atoms with Gasteiger partial charge in [-0.1, -0.05) is 18.2 Å². The van der Waals surface area contributed by atoms with E-state index in [9.17, 15) is 14.5 Å². The minimum absolute atomic E-state index is 0.149. The van der Waals surface area contributed by atoms with E-state index in [1.165, 1.54) is 12.3 Å². The van der Waals surface area contributed by atoms with Gasteiger partial charge in [-0.25, -0.2) is 4.39 Å². The van der Waals surface area contributed by atoms with E-state index in [0.717, 1.165) is 6.20 Å². The van der Waals surface area contributed by atoms with Gasteiger partial charge in [-0.3, -0.25) is 15.1 Å². The quantitative estimate of drug-likeness (QED) is 0.690. The fraction of sp³-hybridized carbons (Fsp3) is 0.0833. The molecule has 5 nitrogen and oxygen atoms in total. The van der Waals surface area contributed by atoms with Gasteiger partial charge in [0.25, 0.3) is 0 Å². The molecule has 1 aromatic heterocycles. The maximum Gasteiger partial charge on any atom is 0.311 e. The first-order chi connectivity index (χ1) is 9.09. The largest absolute Gasteiger partial charge is 0.374 e. The molecule has 2 aromatic rings. The summed E-state index contributed by atoms with van der Waals surface area (Å²) >= 11 is 3.18. The van der Waals surface area contributed by atoms with Gasteiger partial charge in [0.15, 0.2) is 0 Å². The lowest BCUT2D eigenvalue weighted by Crippen LogP contribution is -2.05. The van der Waals surface area contributed by atoms with Crippen molar-refractivity contribution in [3.05, 3.63) is 62.6 Å². The molecule has 0 aliphatic heterocycles. The molecule has 0 saturated carbocycles. The van der Waals surface area contributed by atoms with Gasteiger partial charge >= 0.3 is 5.69 Å². The van der Waals surface area contributed by atoms with Gasteiger partial charge in [-0.05, 0) is 22.0 Å². The molecule has 0 aliphatic rings. The summed E-state index contributed by atoms with van der Waals surface area (Å²) in [7, 11) is 0. The first-order valence-electron chi connectivity index (χ1n) is 5.34. The zero-order valence-corrected chi connectivity index (χ0v) is 11.2. The molecule has 0 atom stereocenters. The fourth-order valence-corrected chi connectivity index (χ4v) is 2.03. The monoisotopic (exact) mass is 325 g/mol. The summed E-state index contributed by atoms with van der Waals surface area (Å²) in [5, 5.41) is 13.7. The van der Waals surface area contributed by atoms with Gasteiger partial charge in [0.05, 0.1) is 9.40 Å². The molecular weight excluding hydrogens is 317 g/mol. The van der Waals surface area contributed by atoms with Gasteiger partial charge in [0.1, 0.15) is 17.7 Å². The standard InChI is InChI=1S/C12H9BrFN3O2/c13-9-6-15-7-11(17(18)19)12(9)16-5-8-3-1-2-4-10(8)14/h1-4,6-7H,5H2,(H,15,16). The van der Waals surface area contributed by atoms with E-state index in [0.29, 0.717) is 10.0 Å². The van der Waals surface area contributed by atoms with Crippen LogP contribution < -0.4 is 5.32 Å². The lowest BCUT2D eigenvalue weighted by molar-refractivity contribution is -0.384. The van der Waals surface area contributed by atoms with Crippen molar-refractivity contribution in [2.45, 2.75) is 6.54 Å². The maximum absolute atomic E-state index is 13.5. The van der Waals surface area contributed by atoms with Crippen LogP contribution in [0.25, 0.3) is 0 Å². The van der Waals surface area contributed by atoms with Gasteiger partial charge in [-0.2, -0.15) is 0 Å². The minimum atomic E-state index is -0.540. The number of halogens is 2. The van der Waals surface area contributed by atoms with E-state index in [1.807, 2.05) is 0 Å². The van der Waals surface area contributed by atoms with E-state index in [4.69, 9.17) is 0 Å². The third-order valence-corrected chi connectivity index (χ3v) is 3.09. The highest BCUT2D eigenvalue weighted by Crippen LogP contribution is 2.31. The van der Waals surface area contributed by atoms with Crippen LogP contribution in [0.2, 0.25) is 0 Å². The molecule has 1 N–H and O–H groups in total. The summed E-state index contributed by atoms with van der Waals surface area (Å²) in [5.41, 5.74) is 0.550. The van der Waals surface area contributed by atoms with E-state index < -0.39 is 4.92 Å². The van der Waals surface area contributed by atoms with Crippen LogP contribution in [0, 0.1) is 15.9 Å². The summed E-state index contributed by atoms with van der Waals surface area (Å²) in [6, 6.07) is 6.25. The maximum atomic E-state index is 13.5. The smallest absolute Gasteiger partial charge is 0.311 e. The van der Waals surface area contributed by atoms with Crippen molar-refractivity contribution in [3.63, 3.8) is 0 Å². The zero-order chi connectivity index (χ0) is 13.8. The lowest BCUT2D eigenvalue weighted by Gasteiger charge is -2.09. The number of hydrogen-bond donors (Lipinski definition) is 1. The predicted octanol–water partition coefficient (Wildman–Crippen LogP) is 3.50. The van der Waals surface area contributed by atoms with Crippen LogP contribution in [0.5, 0.6) is 0 Å². The highest BCUT2D eigenvalue weighted by molar-refractivity contribution is 9.10. The summed E-state index contributed by atoms with van der Waals surface area (Å²) < 4.78 is 13.9. The number of aromatic nitrogens is 1. The van der Waals surface area contributed by atoms with Crippen molar-refractivity contribution in [3.8, 4) is 0 Å². The highest BCUT2D eigenvalue weighted by atomic mass is 79.9. The molecule has 0 spiro atoms. The molecule has 0 radical (unpaired) electrons. The Morgan fingerprint density at radius 2 is 2.11 bits per heavy atom. The van der Waals surface area contributed by atoms with E-state index in [2.05, 4.69) is 26.2 Å². The first-order valence-corrected chi connectivity index (χ1v) is 6.14. The zero-order valence-electron chi connectivity index (χ0n) is 9.64. The highest BCUT2D eigenvalue weighted by Gasteiger charge is 2.17. The van der Waals surface area contributed by atoms with Crippen molar-refractivity contribution >= 4 is 27.3 Å². The van der Waals surface area contributed by atoms with Crippen LogP contribution in [0.1, 0.15) is 5.56 Å². The van der Waals surface area contributed by atoms with Crippen molar-refractivity contribution in [1.82, 2.24) is 4.98 Å². The molecule has 0 amide bonds. The van der Waals surface area contributed by atoms with Gasteiger partial charge in [0, 0.05) is 18.3 Å². The Kier molecular flexibility index (Phi) is 4.06. The average molecular weight is 326 g/mol. The van der Waals surface area contributed by atoms with Crippen LogP contribution >= 0.6 is 15.9 Å². The number of anilines is 1. The Morgan fingerprint density at radius 1 is 1.37 bits per heavy atom. The minimum Gasteiger partial charge on any atom is -0.374 e. The normalized spacial score (nSPS) is 10.2. The molecule has 98 valence electrons. The van der Waals surface area contributed by atoms with E-state index in [1.54, 1.807) is 18.2 Å². The molecule has 1 heterocycles. The fourth-order valence-electron chi connectivity index (χ4n) is 1.56. The topological polar surface area (TPSA) is 68.1 Å². The molecule has 0 saturated heterocycles. The molecular formula is C12H9BrFN3O2. The Balaban J connectivity index is 2.25. The number of benzene rings is 1. The van der Waals surface area contributed by atoms with Gasteiger partial charge < -0.3 is 5.32 Å². The molecule has 0 unspecified atom stereocenters. The molecule has 19 heavy (non-hydrogen) atoms. The molecule has 2 rings (SSSR count). The third-order valence-electron chi connectivity index (χ3n) is 2.49. The predicted molar refractivity (Wildman–Crippen MR) is 72.3 cm³/mol. The number of nitrogens with zero attached hydrogens (tertiary/aromatic N) is 2. The number of nitro groups is 1. The number of rotatable bonds is 4. The Morgan fingerprint density at radius 3 is 2.79 bits per heavy atom. The van der Waals surface area contributed by atoms with Gasteiger partial charge in [-0.15, -0.1) is 0 Å². The third kappa shape index (κ3) is 3.05. The molecule has 0 bridgehead atoms. The second-order valence-corrected chi connectivity index (χ2v) is 4.57. The summed E-state index contributed by atoms with van der Waals surface area (Å²) in [6.45, 7) is 0.149. The Labute approximate surface area is 116 Å². The van der Waals surface area contributed by atoms with Crippen molar-refractivity contribution < 1.29 is 9.31 Å². The number of hydrogen-bond acceptors (Lipinski definition) is 4. The van der Waals surface area contributed by atoms with Gasteiger partial charge in [0.2, 0.25) is 0 Å². The molecule has 1 aromatic carbocycles. The average Bonchev–Trinajstić information content (AvgIpc) is 2.38. The second-order valence-electron chi connectivity index (χ2n) is 3.72. The lowest BCUT2D eigenvalue weighted by atomic mass is 10.2. The Hall–Kier alpha value is -2.02. The second kappa shape index (κ2) is 5.75. The Bertz CT molecular complexity index is 622. The van der Waals surface area contributed by atoms with Crippen LogP contribution in [0.15, 0.2) is 41.1 Å². The van der Waals surface area contributed by atoms with Crippen molar-refractivity contribution in [2.75, 3.05) is 5.32 Å². The SMILES string of the molecule is O=[N+]([O-])c1cncc(Br)c1NCc1ccccc1F. The van der Waals surface area contributed by atoms with Crippen LogP contribution in [0.3, 0.4) is 0 Å². The van der Waals surface area contributed by atoms with E-state index >= 15 is 0 Å². The van der Waals surface area contributed by atoms with Crippen molar-refractivity contribution in [1.29, 1.82) is 0 Å². The molecule has 0 aliphatic carbocycles. The van der Waals surface area contributed by atoms with E-state index in [-0.39, 0.29) is 23.7 Å². The number of pyridine rings is 1. The molecule has 0 fully saturated rings. The first kappa shape index (κ1) is 13.4. The van der Waals surface area contributed by atoms with Crippen LogP contribution in [-0.4, -0.2) is 9.91 Å². The van der Waals surface area contributed by atoms with Crippen LogP contribution in [0.4, 0.5) is 15.8 Å². The summed E-state index contributed by atoms with van der Waals surface area (Å²) in [4.78, 5) is 14.1. The molecule has 7 heteroatoms. The summed E-state index contributed by atoms with van der Waals surface area (Å²) in [5.74, 6) is -0.358. The number of nitrogens with one attached hydrogen (secondary N) is 1.